The Balaban J connectivity index is 0.00000196. The Kier molecular flexibility index (Phi) is 9.70. The number of halogens is 2. The quantitative estimate of drug-likeness (QED) is 0.389. The molecular formula is C22H27Cl2O2SiZr. The van der Waals surface area contributed by atoms with E-state index in [2.05, 4.69) is 69.9 Å². The molecule has 0 spiro atoms. The van der Waals surface area contributed by atoms with E-state index in [0.29, 0.717) is 13.2 Å². The van der Waals surface area contributed by atoms with E-state index in [0.717, 1.165) is 12.2 Å². The zero-order chi connectivity index (χ0) is 18.9. The monoisotopic (exact) mass is 511 g/mol. The van der Waals surface area contributed by atoms with E-state index in [1.807, 2.05) is 0 Å². The first-order valence-corrected chi connectivity index (χ1v) is 13.8. The van der Waals surface area contributed by atoms with Crippen molar-refractivity contribution in [2.24, 2.45) is 0 Å². The molecule has 0 bridgehead atoms. The summed E-state index contributed by atoms with van der Waals surface area (Å²) in [7, 11) is -1.46. The van der Waals surface area contributed by atoms with Crippen LogP contribution in [0.4, 0.5) is 0 Å². The summed E-state index contributed by atoms with van der Waals surface area (Å²) in [4.78, 5) is 0. The molecule has 0 amide bonds. The van der Waals surface area contributed by atoms with Gasteiger partial charge in [-0.3, -0.25) is 0 Å². The molecule has 0 heterocycles. The minimum Gasteiger partial charge on any atom is -1.00 e. The van der Waals surface area contributed by atoms with Crippen LogP contribution in [0.2, 0.25) is 19.6 Å². The minimum atomic E-state index is -1.46. The van der Waals surface area contributed by atoms with E-state index >= 15 is 0 Å². The molecular weight excluding hydrogens is 486 g/mol. The molecule has 2 nitrogen and oxygen atoms in total. The summed E-state index contributed by atoms with van der Waals surface area (Å²) >= 11 is 1.47. The van der Waals surface area contributed by atoms with Gasteiger partial charge in [0.1, 0.15) is 0 Å². The van der Waals surface area contributed by atoms with Crippen LogP contribution in [0, 0.1) is 0 Å². The second kappa shape index (κ2) is 10.6. The summed E-state index contributed by atoms with van der Waals surface area (Å²) in [6.07, 6.45) is 5.37. The van der Waals surface area contributed by atoms with Gasteiger partial charge in [-0.25, -0.2) is 0 Å². The maximum Gasteiger partial charge on any atom is -1.00 e. The molecule has 0 atom stereocenters. The second-order valence-electron chi connectivity index (χ2n) is 7.96. The first-order valence-electron chi connectivity index (χ1n) is 9.19. The molecule has 149 valence electrons. The van der Waals surface area contributed by atoms with E-state index in [9.17, 15) is 0 Å². The normalized spacial score (nSPS) is 15.5. The number of allylic oxidation sites excluding steroid dienone is 6. The first kappa shape index (κ1) is 25.7. The molecule has 2 aliphatic rings. The summed E-state index contributed by atoms with van der Waals surface area (Å²) < 4.78 is 13.3. The van der Waals surface area contributed by atoms with Gasteiger partial charge in [0, 0.05) is 0 Å². The number of ether oxygens (including phenoxy) is 1. The van der Waals surface area contributed by atoms with Crippen molar-refractivity contribution in [2.45, 2.75) is 39.9 Å². The van der Waals surface area contributed by atoms with E-state index in [1.165, 1.54) is 61.4 Å². The van der Waals surface area contributed by atoms with Gasteiger partial charge < -0.3 is 24.8 Å². The van der Waals surface area contributed by atoms with Crippen LogP contribution >= 0.6 is 0 Å². The van der Waals surface area contributed by atoms with Crippen LogP contribution in [0.3, 0.4) is 0 Å². The minimum absolute atomic E-state index is 0. The SMILES string of the molecule is CC(C)=C1C(C2=CC(OCCO[Si](C)(C)C)=CC2)=[C]([Zr+2])c2ccccc21.[Cl-].[Cl-]. The molecule has 0 saturated heterocycles. The van der Waals surface area contributed by atoms with Crippen LogP contribution in [-0.2, 0) is 33.9 Å². The molecule has 1 aromatic rings. The van der Waals surface area contributed by atoms with Crippen LogP contribution in [0.15, 0.2) is 58.9 Å². The average Bonchev–Trinajstić information content (AvgIpc) is 3.14. The predicted molar refractivity (Wildman–Crippen MR) is 108 cm³/mol. The van der Waals surface area contributed by atoms with Crippen molar-refractivity contribution in [1.82, 2.24) is 0 Å². The van der Waals surface area contributed by atoms with Gasteiger partial charge in [-0.15, -0.1) is 0 Å². The van der Waals surface area contributed by atoms with Crippen molar-refractivity contribution in [1.29, 1.82) is 0 Å². The number of hydrogen-bond donors (Lipinski definition) is 0. The Morgan fingerprint density at radius 3 is 2.29 bits per heavy atom. The van der Waals surface area contributed by atoms with Crippen molar-refractivity contribution in [3.8, 4) is 0 Å². The fourth-order valence-corrected chi connectivity index (χ4v) is 5.37. The largest absolute Gasteiger partial charge is 1.00 e. The summed E-state index contributed by atoms with van der Waals surface area (Å²) in [5.41, 5.74) is 8.38. The van der Waals surface area contributed by atoms with Crippen LogP contribution in [-0.4, -0.2) is 21.5 Å². The molecule has 3 rings (SSSR count). The molecule has 0 aromatic heterocycles. The average molecular weight is 514 g/mol. The van der Waals surface area contributed by atoms with Crippen molar-refractivity contribution in [3.63, 3.8) is 0 Å². The third-order valence-electron chi connectivity index (χ3n) is 4.51. The molecule has 28 heavy (non-hydrogen) atoms. The van der Waals surface area contributed by atoms with Gasteiger partial charge in [-0.1, -0.05) is 0 Å². The van der Waals surface area contributed by atoms with Gasteiger partial charge in [0.15, 0.2) is 0 Å². The molecule has 0 radical (unpaired) electrons. The maximum atomic E-state index is 5.95. The number of benzene rings is 1. The van der Waals surface area contributed by atoms with Crippen LogP contribution in [0.25, 0.3) is 8.85 Å². The fraction of sp³-hybridized carbons (Fsp3) is 0.364. The Bertz CT molecular complexity index is 844. The topological polar surface area (TPSA) is 18.5 Å². The molecule has 0 aliphatic heterocycles. The van der Waals surface area contributed by atoms with Gasteiger partial charge in [0.2, 0.25) is 0 Å². The standard InChI is InChI=1S/C22H27O2Si.2ClH.Zr/c1-16(2)22-20-9-7-6-8-17(20)15-21(22)18-10-11-19(14-18)23-12-13-24-25(3,4)5;;;/h6-9,11,14H,10,12-13H2,1-5H3;2*1H;/q;;;+2/p-2. The third kappa shape index (κ3) is 5.83. The molecule has 0 unspecified atom stereocenters. The maximum absolute atomic E-state index is 5.95. The van der Waals surface area contributed by atoms with E-state index in [4.69, 9.17) is 9.16 Å². The number of fused-ring (bicyclic) bond motifs is 1. The van der Waals surface area contributed by atoms with E-state index in [1.54, 1.807) is 0 Å². The fourth-order valence-electron chi connectivity index (χ4n) is 3.44. The Labute approximate surface area is 198 Å². The Morgan fingerprint density at radius 2 is 1.68 bits per heavy atom. The van der Waals surface area contributed by atoms with Crippen molar-refractivity contribution >= 4 is 17.2 Å². The molecule has 6 heteroatoms. The van der Waals surface area contributed by atoms with Gasteiger partial charge in [-0.05, 0) is 0 Å². The molecule has 0 saturated carbocycles. The van der Waals surface area contributed by atoms with E-state index < -0.39 is 8.32 Å². The molecule has 0 N–H and O–H groups in total. The van der Waals surface area contributed by atoms with Crippen molar-refractivity contribution in [3.05, 3.63) is 70.0 Å². The van der Waals surface area contributed by atoms with Gasteiger partial charge in [0.25, 0.3) is 0 Å². The number of rotatable bonds is 6. The smallest absolute Gasteiger partial charge is 1.00 e. The number of hydrogen-bond acceptors (Lipinski definition) is 2. The van der Waals surface area contributed by atoms with Gasteiger partial charge in [-0.2, -0.15) is 0 Å². The molecule has 2 aliphatic carbocycles. The van der Waals surface area contributed by atoms with Crippen LogP contribution in [0.5, 0.6) is 0 Å². The third-order valence-corrected chi connectivity index (χ3v) is 6.86. The second-order valence-corrected chi connectivity index (χ2v) is 13.7. The first-order chi connectivity index (χ1) is 12.3. The summed E-state index contributed by atoms with van der Waals surface area (Å²) in [6.45, 7) is 12.3. The van der Waals surface area contributed by atoms with E-state index in [-0.39, 0.29) is 24.8 Å². The van der Waals surface area contributed by atoms with Crippen LogP contribution in [0.1, 0.15) is 31.4 Å². The Morgan fingerprint density at radius 1 is 1.04 bits per heavy atom. The molecule has 0 fully saturated rings. The summed E-state index contributed by atoms with van der Waals surface area (Å²) in [5.74, 6) is 0.985. The van der Waals surface area contributed by atoms with Crippen molar-refractivity contribution < 1.29 is 58.7 Å². The zero-order valence-corrected chi connectivity index (χ0v) is 22.1. The van der Waals surface area contributed by atoms with Crippen LogP contribution < -0.4 is 24.8 Å². The summed E-state index contributed by atoms with van der Waals surface area (Å²) in [6, 6.07) is 8.79. The van der Waals surface area contributed by atoms with Crippen molar-refractivity contribution in [2.75, 3.05) is 13.2 Å². The summed E-state index contributed by atoms with van der Waals surface area (Å²) in [5, 5.41) is 0. The van der Waals surface area contributed by atoms with Gasteiger partial charge >= 0.3 is 174 Å². The zero-order valence-electron chi connectivity index (χ0n) is 17.2. The Hall–Kier alpha value is -0.380. The molecule has 1 aromatic carbocycles. The predicted octanol–water partition coefficient (Wildman–Crippen LogP) is -0.158. The van der Waals surface area contributed by atoms with Gasteiger partial charge in [0.05, 0.1) is 0 Å².